The van der Waals surface area contributed by atoms with E-state index in [0.29, 0.717) is 18.5 Å². The molecule has 0 bridgehead atoms. The van der Waals surface area contributed by atoms with Crippen LogP contribution in [0.4, 0.5) is 5.69 Å². The molecule has 170 valence electrons. The van der Waals surface area contributed by atoms with Crippen LogP contribution < -0.4 is 15.4 Å². The highest BCUT2D eigenvalue weighted by Crippen LogP contribution is 2.38. The van der Waals surface area contributed by atoms with Crippen LogP contribution in [0.15, 0.2) is 17.0 Å². The van der Waals surface area contributed by atoms with E-state index < -0.39 is 16.1 Å². The second kappa shape index (κ2) is 9.34. The molecule has 2 N–H and O–H groups in total. The molecular formula is C21H28ClN3O5S. The molecule has 1 aromatic carbocycles. The van der Waals surface area contributed by atoms with E-state index in [1.54, 1.807) is 0 Å². The first-order chi connectivity index (χ1) is 14.9. The summed E-state index contributed by atoms with van der Waals surface area (Å²) in [4.78, 5) is 24.4. The summed E-state index contributed by atoms with van der Waals surface area (Å²) in [5.74, 6) is -0.314. The van der Waals surface area contributed by atoms with Gasteiger partial charge in [0.25, 0.3) is 5.91 Å². The van der Waals surface area contributed by atoms with E-state index in [1.165, 1.54) is 35.7 Å². The number of carbonyl (C=O) groups excluding carboxylic acids is 2. The topological polar surface area (TPSA) is 105 Å². The number of ether oxygens (including phenoxy) is 1. The summed E-state index contributed by atoms with van der Waals surface area (Å²) >= 11 is 6.28. The Balaban J connectivity index is 1.53. The summed E-state index contributed by atoms with van der Waals surface area (Å²) in [7, 11) is -4.02. The largest absolute Gasteiger partial charge is 0.482 e. The molecule has 10 heteroatoms. The Bertz CT molecular complexity index is 960. The Kier molecular flexibility index (Phi) is 6.74. The minimum atomic E-state index is -4.02. The van der Waals surface area contributed by atoms with Gasteiger partial charge in [0.05, 0.1) is 10.7 Å². The van der Waals surface area contributed by atoms with E-state index in [1.807, 2.05) is 0 Å². The Morgan fingerprint density at radius 1 is 1.10 bits per heavy atom. The number of hydrogen-bond donors (Lipinski definition) is 2. The van der Waals surface area contributed by atoms with Crippen molar-refractivity contribution >= 4 is 39.1 Å². The average molecular weight is 470 g/mol. The number of carbonyl (C=O) groups is 2. The Morgan fingerprint density at radius 3 is 2.55 bits per heavy atom. The summed E-state index contributed by atoms with van der Waals surface area (Å²) in [6, 6.07) is 2.06. The van der Waals surface area contributed by atoms with E-state index in [2.05, 4.69) is 10.6 Å². The second-order valence-electron chi connectivity index (χ2n) is 8.44. The average Bonchev–Trinajstić information content (AvgIpc) is 3.20. The third-order valence-corrected chi connectivity index (χ3v) is 8.58. The zero-order chi connectivity index (χ0) is 22.0. The van der Waals surface area contributed by atoms with E-state index >= 15 is 0 Å². The maximum absolute atomic E-state index is 13.4. The number of fused-ring (bicyclic) bond motifs is 1. The first kappa shape index (κ1) is 22.4. The number of halogens is 1. The van der Waals surface area contributed by atoms with Gasteiger partial charge in [-0.25, -0.2) is 8.42 Å². The third kappa shape index (κ3) is 4.83. The monoisotopic (exact) mass is 469 g/mol. The van der Waals surface area contributed by atoms with Gasteiger partial charge >= 0.3 is 0 Å². The molecule has 4 rings (SSSR count). The smallest absolute Gasteiger partial charge is 0.262 e. The molecular weight excluding hydrogens is 442 g/mol. The fraction of sp³-hybridized carbons (Fsp3) is 0.619. The van der Waals surface area contributed by atoms with Crippen LogP contribution in [-0.2, 0) is 19.6 Å². The second-order valence-corrected chi connectivity index (χ2v) is 10.7. The van der Waals surface area contributed by atoms with E-state index in [-0.39, 0.29) is 46.7 Å². The van der Waals surface area contributed by atoms with Crippen molar-refractivity contribution in [3.63, 3.8) is 0 Å². The molecule has 2 fully saturated rings. The normalized spacial score (nSPS) is 23.3. The van der Waals surface area contributed by atoms with Gasteiger partial charge in [0.1, 0.15) is 16.7 Å². The van der Waals surface area contributed by atoms with Crippen molar-refractivity contribution in [2.75, 3.05) is 18.5 Å². The maximum Gasteiger partial charge on any atom is 0.262 e. The minimum absolute atomic E-state index is 0.0179. The van der Waals surface area contributed by atoms with Crippen LogP contribution in [-0.4, -0.2) is 49.8 Å². The molecule has 8 nitrogen and oxygen atoms in total. The molecule has 1 atom stereocenters. The van der Waals surface area contributed by atoms with Crippen LogP contribution in [0.3, 0.4) is 0 Å². The van der Waals surface area contributed by atoms with Crippen molar-refractivity contribution in [3.05, 3.63) is 17.2 Å². The van der Waals surface area contributed by atoms with Gasteiger partial charge in [-0.15, -0.1) is 0 Å². The summed E-state index contributed by atoms with van der Waals surface area (Å²) in [6.07, 6.45) is 8.72. The van der Waals surface area contributed by atoms with Gasteiger partial charge in [0.2, 0.25) is 15.9 Å². The van der Waals surface area contributed by atoms with Gasteiger partial charge in [-0.1, -0.05) is 43.7 Å². The Morgan fingerprint density at radius 2 is 1.81 bits per heavy atom. The number of sulfonamides is 1. The molecule has 1 saturated carbocycles. The predicted molar refractivity (Wildman–Crippen MR) is 117 cm³/mol. The lowest BCUT2D eigenvalue weighted by Crippen LogP contribution is -2.48. The van der Waals surface area contributed by atoms with Crippen LogP contribution in [0.25, 0.3) is 0 Å². The number of hydrogen-bond acceptors (Lipinski definition) is 5. The molecule has 0 unspecified atom stereocenters. The van der Waals surface area contributed by atoms with E-state index in [4.69, 9.17) is 16.3 Å². The van der Waals surface area contributed by atoms with Gasteiger partial charge in [0.15, 0.2) is 6.61 Å². The molecule has 1 aromatic rings. The summed E-state index contributed by atoms with van der Waals surface area (Å²) < 4.78 is 33.5. The van der Waals surface area contributed by atoms with Crippen molar-refractivity contribution in [2.45, 2.75) is 74.8 Å². The molecule has 0 radical (unpaired) electrons. The number of nitrogens with zero attached hydrogens (tertiary/aromatic N) is 1. The lowest BCUT2D eigenvalue weighted by atomic mass is 9.96. The molecule has 31 heavy (non-hydrogen) atoms. The van der Waals surface area contributed by atoms with E-state index in [0.717, 1.165) is 25.7 Å². The molecule has 0 spiro atoms. The first-order valence-electron chi connectivity index (χ1n) is 10.9. The van der Waals surface area contributed by atoms with Crippen LogP contribution in [0, 0.1) is 0 Å². The molecule has 1 aliphatic carbocycles. The standard InChI is InChI=1S/C21H28ClN3O5S/c22-15-11-16-18(30-13-20(26)24-16)12-19(15)31(28,29)25-10-6-9-17(25)21(27)23-14-7-4-2-1-3-5-8-14/h11-12,14,17H,1-10,13H2,(H,23,27)(H,24,26)/t17-/m1/s1. The van der Waals surface area contributed by atoms with Gasteiger partial charge in [-0.2, -0.15) is 4.31 Å². The molecule has 1 saturated heterocycles. The SMILES string of the molecule is O=C1COc2cc(S(=O)(=O)N3CCC[C@@H]3C(=O)NC3CCCCCCC3)c(Cl)cc2N1. The lowest BCUT2D eigenvalue weighted by Gasteiger charge is -2.28. The Hall–Kier alpha value is -1.84. The minimum Gasteiger partial charge on any atom is -0.482 e. The Labute approximate surface area is 187 Å². The lowest BCUT2D eigenvalue weighted by molar-refractivity contribution is -0.125. The highest BCUT2D eigenvalue weighted by molar-refractivity contribution is 7.89. The number of rotatable bonds is 4. The highest BCUT2D eigenvalue weighted by atomic mass is 35.5. The van der Waals surface area contributed by atoms with Crippen LogP contribution in [0.2, 0.25) is 5.02 Å². The zero-order valence-corrected chi connectivity index (χ0v) is 18.9. The predicted octanol–water partition coefficient (Wildman–Crippen LogP) is 3.05. The third-order valence-electron chi connectivity index (χ3n) is 6.21. The van der Waals surface area contributed by atoms with Crippen LogP contribution in [0.1, 0.15) is 57.8 Å². The van der Waals surface area contributed by atoms with Gasteiger partial charge in [0, 0.05) is 18.7 Å². The van der Waals surface area contributed by atoms with Crippen molar-refractivity contribution < 1.29 is 22.7 Å². The zero-order valence-electron chi connectivity index (χ0n) is 17.4. The number of benzene rings is 1. The fourth-order valence-electron chi connectivity index (χ4n) is 4.59. The number of amides is 2. The van der Waals surface area contributed by atoms with E-state index in [9.17, 15) is 18.0 Å². The molecule has 3 aliphatic rings. The maximum atomic E-state index is 13.4. The molecule has 2 heterocycles. The van der Waals surface area contributed by atoms with Crippen LogP contribution >= 0.6 is 11.6 Å². The number of anilines is 1. The summed E-state index contributed by atoms with van der Waals surface area (Å²) in [5.41, 5.74) is 0.334. The van der Waals surface area contributed by atoms with Gasteiger partial charge in [-0.3, -0.25) is 9.59 Å². The molecule has 2 amide bonds. The number of nitrogens with one attached hydrogen (secondary N) is 2. The van der Waals surface area contributed by atoms with Crippen molar-refractivity contribution in [2.24, 2.45) is 0 Å². The van der Waals surface area contributed by atoms with Crippen LogP contribution in [0.5, 0.6) is 5.75 Å². The van der Waals surface area contributed by atoms with Crippen molar-refractivity contribution in [1.29, 1.82) is 0 Å². The fourth-order valence-corrected chi connectivity index (χ4v) is 6.77. The van der Waals surface area contributed by atoms with Crippen molar-refractivity contribution in [1.82, 2.24) is 9.62 Å². The summed E-state index contributed by atoms with van der Waals surface area (Å²) in [5, 5.41) is 5.69. The quantitative estimate of drug-likeness (QED) is 0.705. The van der Waals surface area contributed by atoms with Gasteiger partial charge in [-0.05, 0) is 31.7 Å². The van der Waals surface area contributed by atoms with Gasteiger partial charge < -0.3 is 15.4 Å². The highest BCUT2D eigenvalue weighted by Gasteiger charge is 2.41. The first-order valence-corrected chi connectivity index (χ1v) is 12.8. The summed E-state index contributed by atoms with van der Waals surface area (Å²) in [6.45, 7) is 0.0698. The molecule has 2 aliphatic heterocycles. The molecule has 0 aromatic heterocycles. The van der Waals surface area contributed by atoms with Crippen molar-refractivity contribution in [3.8, 4) is 5.75 Å².